The minimum absolute atomic E-state index is 0.294. The molecule has 0 aromatic carbocycles. The fourth-order valence-corrected chi connectivity index (χ4v) is 2.28. The molecule has 0 bridgehead atoms. The maximum Gasteiger partial charge on any atom is 0.0717 e. The summed E-state index contributed by atoms with van der Waals surface area (Å²) in [4.78, 5) is 2.43. The maximum atomic E-state index is 8.66. The topological polar surface area (TPSA) is 39.1 Å². The highest BCUT2D eigenvalue weighted by Gasteiger charge is 2.39. The lowest BCUT2D eigenvalue weighted by Crippen LogP contribution is -2.52. The lowest BCUT2D eigenvalue weighted by molar-refractivity contribution is 0.0865. The van der Waals surface area contributed by atoms with Crippen molar-refractivity contribution in [1.29, 1.82) is 5.26 Å². The molecule has 3 nitrogen and oxygen atoms in total. The van der Waals surface area contributed by atoms with Gasteiger partial charge < -0.3 is 5.32 Å². The molecule has 13 heavy (non-hydrogen) atoms. The van der Waals surface area contributed by atoms with Gasteiger partial charge >= 0.3 is 0 Å². The molecule has 1 N–H and O–H groups in total. The fourth-order valence-electron chi connectivity index (χ4n) is 2.28. The third-order valence-electron chi connectivity index (χ3n) is 3.17. The molecule has 0 amide bonds. The molecule has 0 aromatic heterocycles. The molecule has 1 atom stereocenters. The van der Waals surface area contributed by atoms with Crippen LogP contribution in [0.15, 0.2) is 0 Å². The van der Waals surface area contributed by atoms with E-state index >= 15 is 0 Å². The molecule has 72 valence electrons. The summed E-state index contributed by atoms with van der Waals surface area (Å²) in [6, 6.07) is 2.98. The van der Waals surface area contributed by atoms with Crippen molar-refractivity contribution in [3.05, 3.63) is 0 Å². The molecule has 2 fully saturated rings. The Morgan fingerprint density at radius 3 is 2.62 bits per heavy atom. The standard InChI is InChI=1S/C10H17N3/c1-10(2)3-9(5-12-10)13-6-8(4-11)7-13/h8-9,12H,3,5-7H2,1-2H3. The van der Waals surface area contributed by atoms with E-state index in [1.54, 1.807) is 0 Å². The molecule has 0 aliphatic carbocycles. The van der Waals surface area contributed by atoms with Crippen LogP contribution in [-0.4, -0.2) is 36.1 Å². The summed E-state index contributed by atoms with van der Waals surface area (Å²) >= 11 is 0. The van der Waals surface area contributed by atoms with Crippen LogP contribution >= 0.6 is 0 Å². The van der Waals surface area contributed by atoms with E-state index in [1.807, 2.05) is 0 Å². The van der Waals surface area contributed by atoms with Gasteiger partial charge in [-0.2, -0.15) is 5.26 Å². The molecule has 0 spiro atoms. The van der Waals surface area contributed by atoms with Gasteiger partial charge in [0.1, 0.15) is 0 Å². The van der Waals surface area contributed by atoms with Crippen LogP contribution in [0.4, 0.5) is 0 Å². The van der Waals surface area contributed by atoms with Crippen molar-refractivity contribution in [1.82, 2.24) is 10.2 Å². The Bertz CT molecular complexity index is 235. The summed E-state index contributed by atoms with van der Waals surface area (Å²) in [6.45, 7) is 7.55. The monoisotopic (exact) mass is 179 g/mol. The van der Waals surface area contributed by atoms with E-state index in [-0.39, 0.29) is 0 Å². The molecule has 0 radical (unpaired) electrons. The first kappa shape index (κ1) is 8.98. The van der Waals surface area contributed by atoms with Crippen molar-refractivity contribution >= 4 is 0 Å². The summed E-state index contributed by atoms with van der Waals surface area (Å²) < 4.78 is 0. The number of likely N-dealkylation sites (tertiary alicyclic amines) is 1. The van der Waals surface area contributed by atoms with Crippen molar-refractivity contribution in [3.63, 3.8) is 0 Å². The number of hydrogen-bond acceptors (Lipinski definition) is 3. The van der Waals surface area contributed by atoms with Crippen LogP contribution in [0.1, 0.15) is 20.3 Å². The average Bonchev–Trinajstić information content (AvgIpc) is 2.28. The predicted octanol–water partition coefficient (Wildman–Crippen LogP) is 0.582. The van der Waals surface area contributed by atoms with Gasteiger partial charge in [-0.05, 0) is 20.3 Å². The van der Waals surface area contributed by atoms with E-state index in [0.29, 0.717) is 17.5 Å². The van der Waals surface area contributed by atoms with Gasteiger partial charge in [-0.15, -0.1) is 0 Å². The smallest absolute Gasteiger partial charge is 0.0717 e. The van der Waals surface area contributed by atoms with Crippen molar-refractivity contribution in [2.24, 2.45) is 5.92 Å². The Morgan fingerprint density at radius 1 is 1.46 bits per heavy atom. The molecule has 0 aromatic rings. The summed E-state index contributed by atoms with van der Waals surface area (Å²) in [5, 5.41) is 12.2. The molecule has 2 aliphatic rings. The van der Waals surface area contributed by atoms with Crippen LogP contribution in [0.25, 0.3) is 0 Å². The average molecular weight is 179 g/mol. The van der Waals surface area contributed by atoms with Gasteiger partial charge in [0.2, 0.25) is 0 Å². The molecule has 1 unspecified atom stereocenters. The number of hydrogen-bond donors (Lipinski definition) is 1. The Labute approximate surface area is 79.7 Å². The molecular formula is C10H17N3. The van der Waals surface area contributed by atoms with Gasteiger partial charge in [0.05, 0.1) is 12.0 Å². The Balaban J connectivity index is 1.83. The highest BCUT2D eigenvalue weighted by atomic mass is 15.3. The van der Waals surface area contributed by atoms with Crippen molar-refractivity contribution in [2.45, 2.75) is 31.8 Å². The van der Waals surface area contributed by atoms with E-state index < -0.39 is 0 Å². The van der Waals surface area contributed by atoms with E-state index in [1.165, 1.54) is 6.42 Å². The van der Waals surface area contributed by atoms with Crippen molar-refractivity contribution in [2.75, 3.05) is 19.6 Å². The first-order valence-corrected chi connectivity index (χ1v) is 4.99. The molecule has 3 heteroatoms. The fraction of sp³-hybridized carbons (Fsp3) is 0.900. The maximum absolute atomic E-state index is 8.66. The zero-order valence-electron chi connectivity index (χ0n) is 8.38. The van der Waals surface area contributed by atoms with Gasteiger partial charge in [-0.25, -0.2) is 0 Å². The van der Waals surface area contributed by atoms with E-state index in [4.69, 9.17) is 5.26 Å². The first-order chi connectivity index (χ1) is 6.11. The quantitative estimate of drug-likeness (QED) is 0.640. The highest BCUT2D eigenvalue weighted by molar-refractivity contribution is 5.02. The van der Waals surface area contributed by atoms with Gasteiger partial charge in [0.15, 0.2) is 0 Å². The van der Waals surface area contributed by atoms with Crippen molar-refractivity contribution < 1.29 is 0 Å². The largest absolute Gasteiger partial charge is 0.310 e. The summed E-state index contributed by atoms with van der Waals surface area (Å²) in [5.41, 5.74) is 0.294. The lowest BCUT2D eigenvalue weighted by Gasteiger charge is -2.40. The lowest BCUT2D eigenvalue weighted by atomic mass is 9.95. The molecule has 2 saturated heterocycles. The van der Waals surface area contributed by atoms with Crippen LogP contribution in [0, 0.1) is 17.2 Å². The third-order valence-corrected chi connectivity index (χ3v) is 3.17. The Kier molecular flexibility index (Phi) is 2.05. The van der Waals surface area contributed by atoms with Crippen LogP contribution in [0.5, 0.6) is 0 Å². The number of nitriles is 1. The highest BCUT2D eigenvalue weighted by Crippen LogP contribution is 2.27. The molecule has 2 aliphatic heterocycles. The minimum Gasteiger partial charge on any atom is -0.310 e. The first-order valence-electron chi connectivity index (χ1n) is 4.99. The van der Waals surface area contributed by atoms with Crippen LogP contribution in [0.2, 0.25) is 0 Å². The van der Waals surface area contributed by atoms with Gasteiger partial charge in [-0.3, -0.25) is 4.90 Å². The van der Waals surface area contributed by atoms with Crippen molar-refractivity contribution in [3.8, 4) is 6.07 Å². The van der Waals surface area contributed by atoms with E-state index in [0.717, 1.165) is 19.6 Å². The molecule has 2 heterocycles. The molecule has 0 saturated carbocycles. The molecular weight excluding hydrogens is 162 g/mol. The van der Waals surface area contributed by atoms with Crippen LogP contribution in [0.3, 0.4) is 0 Å². The second kappa shape index (κ2) is 2.97. The second-order valence-electron chi connectivity index (χ2n) is 4.90. The Hall–Kier alpha value is -0.590. The minimum atomic E-state index is 0.294. The Morgan fingerprint density at radius 2 is 2.15 bits per heavy atom. The zero-order chi connectivity index (χ0) is 9.47. The van der Waals surface area contributed by atoms with Crippen LogP contribution < -0.4 is 5.32 Å². The zero-order valence-corrected chi connectivity index (χ0v) is 8.38. The number of rotatable bonds is 1. The second-order valence-corrected chi connectivity index (χ2v) is 4.90. The van der Waals surface area contributed by atoms with Crippen LogP contribution in [-0.2, 0) is 0 Å². The summed E-state index contributed by atoms with van der Waals surface area (Å²) in [6.07, 6.45) is 1.21. The van der Waals surface area contributed by atoms with Gasteiger partial charge in [-0.1, -0.05) is 0 Å². The third kappa shape index (κ3) is 1.70. The van der Waals surface area contributed by atoms with Gasteiger partial charge in [0, 0.05) is 31.2 Å². The van der Waals surface area contributed by atoms with Gasteiger partial charge in [0.25, 0.3) is 0 Å². The molecule has 2 rings (SSSR count). The number of nitrogens with one attached hydrogen (secondary N) is 1. The normalized spacial score (nSPS) is 34.1. The van der Waals surface area contributed by atoms with E-state index in [9.17, 15) is 0 Å². The summed E-state index contributed by atoms with van der Waals surface area (Å²) in [7, 11) is 0. The predicted molar refractivity (Wildman–Crippen MR) is 51.2 cm³/mol. The SMILES string of the molecule is CC1(C)CC(N2CC(C#N)C2)CN1. The summed E-state index contributed by atoms with van der Waals surface area (Å²) in [5.74, 6) is 0.295. The van der Waals surface area contributed by atoms with E-state index in [2.05, 4.69) is 30.1 Å². The number of nitrogens with zero attached hydrogens (tertiary/aromatic N) is 2.